The highest BCUT2D eigenvalue weighted by molar-refractivity contribution is 7.89. The lowest BCUT2D eigenvalue weighted by Gasteiger charge is -2.32. The molecule has 1 aliphatic heterocycles. The maximum atomic E-state index is 12.5. The summed E-state index contributed by atoms with van der Waals surface area (Å²) in [5, 5.41) is 0. The van der Waals surface area contributed by atoms with Crippen LogP contribution in [0, 0.1) is 0 Å². The van der Waals surface area contributed by atoms with Crippen LogP contribution in [0.2, 0.25) is 0 Å². The fraction of sp³-hybridized carbons (Fsp3) is 0.556. The van der Waals surface area contributed by atoms with Gasteiger partial charge in [-0.2, -0.15) is 0 Å². The van der Waals surface area contributed by atoms with E-state index in [4.69, 9.17) is 4.74 Å². The third-order valence-corrected chi connectivity index (χ3v) is 5.84. The van der Waals surface area contributed by atoms with Gasteiger partial charge in [0.2, 0.25) is 15.9 Å². The minimum absolute atomic E-state index is 0.00338. The Morgan fingerprint density at radius 3 is 2.31 bits per heavy atom. The molecule has 0 aliphatic carbocycles. The number of hydrogen-bond acceptors (Lipinski definition) is 5. The van der Waals surface area contributed by atoms with Gasteiger partial charge in [0.15, 0.2) is 0 Å². The van der Waals surface area contributed by atoms with Crippen LogP contribution in [0.25, 0.3) is 0 Å². The fourth-order valence-electron chi connectivity index (χ4n) is 2.86. The molecule has 144 valence electrons. The number of piperidine rings is 1. The summed E-state index contributed by atoms with van der Waals surface area (Å²) in [5.74, 6) is 0.577. The van der Waals surface area contributed by atoms with Crippen LogP contribution in [0.15, 0.2) is 29.2 Å². The van der Waals surface area contributed by atoms with E-state index in [2.05, 4.69) is 4.72 Å². The third-order valence-electron chi connectivity index (χ3n) is 4.31. The number of nitrogens with zero attached hydrogens (tertiary/aromatic N) is 1. The summed E-state index contributed by atoms with van der Waals surface area (Å²) in [6, 6.07) is 6.10. The van der Waals surface area contributed by atoms with Crippen LogP contribution < -0.4 is 9.46 Å². The molecule has 0 atom stereocenters. The van der Waals surface area contributed by atoms with Crippen molar-refractivity contribution in [1.29, 1.82) is 0 Å². The zero-order valence-electron chi connectivity index (χ0n) is 15.2. The largest absolute Gasteiger partial charge is 0.494 e. The standard InChI is InChI=1S/C18H26N2O5S/c1-3-25-16-5-7-17(8-6-16)26(23,24)19-15-10-12-20(13-11-15)18(22)9-4-14(2)21/h5-8,15,19H,3-4,9-13H2,1-2H3. The molecule has 7 nitrogen and oxygen atoms in total. The molecule has 0 bridgehead atoms. The molecule has 0 unspecified atom stereocenters. The van der Waals surface area contributed by atoms with E-state index < -0.39 is 10.0 Å². The molecule has 26 heavy (non-hydrogen) atoms. The lowest BCUT2D eigenvalue weighted by atomic mass is 10.1. The number of likely N-dealkylation sites (tertiary alicyclic amines) is 1. The molecule has 0 spiro atoms. The first-order valence-electron chi connectivity index (χ1n) is 8.84. The molecule has 1 amide bonds. The van der Waals surface area contributed by atoms with Gasteiger partial charge in [0.1, 0.15) is 11.5 Å². The normalized spacial score (nSPS) is 15.7. The van der Waals surface area contributed by atoms with Gasteiger partial charge in [-0.3, -0.25) is 4.79 Å². The predicted molar refractivity (Wildman–Crippen MR) is 97.4 cm³/mol. The van der Waals surface area contributed by atoms with Crippen molar-refractivity contribution in [2.24, 2.45) is 0 Å². The molecular formula is C18H26N2O5S. The number of rotatable bonds is 8. The first kappa shape index (κ1) is 20.4. The van der Waals surface area contributed by atoms with Crippen molar-refractivity contribution in [1.82, 2.24) is 9.62 Å². The number of amides is 1. The number of carbonyl (C=O) groups excluding carboxylic acids is 2. The number of hydrogen-bond donors (Lipinski definition) is 1. The summed E-state index contributed by atoms with van der Waals surface area (Å²) < 4.78 is 33.0. The molecule has 1 heterocycles. The van der Waals surface area contributed by atoms with Gasteiger partial charge in [0.25, 0.3) is 0 Å². The second-order valence-electron chi connectivity index (χ2n) is 6.38. The minimum Gasteiger partial charge on any atom is -0.494 e. The van der Waals surface area contributed by atoms with Crippen LogP contribution in [-0.2, 0) is 19.6 Å². The maximum Gasteiger partial charge on any atom is 0.240 e. The molecular weight excluding hydrogens is 356 g/mol. The summed E-state index contributed by atoms with van der Waals surface area (Å²) in [6.07, 6.45) is 1.59. The number of ether oxygens (including phenoxy) is 1. The Morgan fingerprint density at radius 2 is 1.77 bits per heavy atom. The minimum atomic E-state index is -3.60. The van der Waals surface area contributed by atoms with Gasteiger partial charge in [-0.1, -0.05) is 0 Å². The van der Waals surface area contributed by atoms with E-state index in [1.165, 1.54) is 19.1 Å². The molecule has 0 radical (unpaired) electrons. The van der Waals surface area contributed by atoms with Gasteiger partial charge in [0.05, 0.1) is 11.5 Å². The zero-order chi connectivity index (χ0) is 19.2. The van der Waals surface area contributed by atoms with Gasteiger partial charge in [-0.25, -0.2) is 13.1 Å². The molecule has 1 aliphatic rings. The zero-order valence-corrected chi connectivity index (χ0v) is 16.0. The topological polar surface area (TPSA) is 92.8 Å². The van der Waals surface area contributed by atoms with Crippen molar-refractivity contribution in [3.8, 4) is 5.75 Å². The lowest BCUT2D eigenvalue weighted by molar-refractivity contribution is -0.133. The molecule has 1 aromatic carbocycles. The molecule has 8 heteroatoms. The molecule has 1 saturated heterocycles. The van der Waals surface area contributed by atoms with E-state index in [1.807, 2.05) is 6.92 Å². The van der Waals surface area contributed by atoms with E-state index in [1.54, 1.807) is 17.0 Å². The average Bonchev–Trinajstić information content (AvgIpc) is 2.61. The van der Waals surface area contributed by atoms with Crippen molar-refractivity contribution in [3.63, 3.8) is 0 Å². The SMILES string of the molecule is CCOc1ccc(S(=O)(=O)NC2CCN(C(=O)CCC(C)=O)CC2)cc1. The lowest BCUT2D eigenvalue weighted by Crippen LogP contribution is -2.46. The van der Waals surface area contributed by atoms with Crippen LogP contribution in [0.5, 0.6) is 5.75 Å². The summed E-state index contributed by atoms with van der Waals surface area (Å²) in [4.78, 5) is 24.9. The quantitative estimate of drug-likeness (QED) is 0.739. The van der Waals surface area contributed by atoms with E-state index in [-0.39, 0.29) is 35.5 Å². The van der Waals surface area contributed by atoms with E-state index in [0.29, 0.717) is 38.3 Å². The number of ketones is 1. The van der Waals surface area contributed by atoms with Crippen LogP contribution in [0.4, 0.5) is 0 Å². The summed E-state index contributed by atoms with van der Waals surface area (Å²) in [7, 11) is -3.60. The molecule has 1 N–H and O–H groups in total. The highest BCUT2D eigenvalue weighted by Gasteiger charge is 2.26. The Bertz CT molecular complexity index is 722. The molecule has 2 rings (SSSR count). The number of nitrogens with one attached hydrogen (secondary N) is 1. The van der Waals surface area contributed by atoms with Crippen molar-refractivity contribution >= 4 is 21.7 Å². The number of carbonyl (C=O) groups is 2. The highest BCUT2D eigenvalue weighted by atomic mass is 32.2. The van der Waals surface area contributed by atoms with E-state index in [9.17, 15) is 18.0 Å². The van der Waals surface area contributed by atoms with Gasteiger partial charge < -0.3 is 14.4 Å². The van der Waals surface area contributed by atoms with Crippen LogP contribution in [0.3, 0.4) is 0 Å². The Morgan fingerprint density at radius 1 is 1.15 bits per heavy atom. The first-order chi connectivity index (χ1) is 12.3. The first-order valence-corrected chi connectivity index (χ1v) is 10.3. The van der Waals surface area contributed by atoms with Crippen molar-refractivity contribution < 1.29 is 22.7 Å². The number of Topliss-reactive ketones (excluding diaryl/α,β-unsaturated/α-hetero) is 1. The smallest absolute Gasteiger partial charge is 0.240 e. The molecule has 1 fully saturated rings. The molecule has 1 aromatic rings. The van der Waals surface area contributed by atoms with Gasteiger partial charge in [0, 0.05) is 32.0 Å². The Labute approximate surface area is 154 Å². The maximum absolute atomic E-state index is 12.5. The van der Waals surface area contributed by atoms with Gasteiger partial charge >= 0.3 is 0 Å². The monoisotopic (exact) mass is 382 g/mol. The highest BCUT2D eigenvalue weighted by Crippen LogP contribution is 2.19. The Hall–Kier alpha value is -1.93. The second-order valence-corrected chi connectivity index (χ2v) is 8.10. The molecule has 0 aromatic heterocycles. The van der Waals surface area contributed by atoms with E-state index in [0.717, 1.165) is 0 Å². The predicted octanol–water partition coefficient (Wildman–Crippen LogP) is 1.72. The third kappa shape index (κ3) is 5.81. The van der Waals surface area contributed by atoms with Crippen molar-refractivity contribution in [3.05, 3.63) is 24.3 Å². The summed E-state index contributed by atoms with van der Waals surface area (Å²) in [6.45, 7) is 4.84. The van der Waals surface area contributed by atoms with Gasteiger partial charge in [-0.05, 0) is 51.0 Å². The van der Waals surface area contributed by atoms with Crippen LogP contribution in [0.1, 0.15) is 39.5 Å². The second kappa shape index (κ2) is 9.14. The average molecular weight is 382 g/mol. The van der Waals surface area contributed by atoms with Crippen LogP contribution in [-0.4, -0.2) is 50.7 Å². The van der Waals surface area contributed by atoms with Crippen LogP contribution >= 0.6 is 0 Å². The Balaban J connectivity index is 1.87. The molecule has 0 saturated carbocycles. The van der Waals surface area contributed by atoms with Crippen molar-refractivity contribution in [2.75, 3.05) is 19.7 Å². The Kier molecular flexibility index (Phi) is 7.16. The van der Waals surface area contributed by atoms with E-state index >= 15 is 0 Å². The number of sulfonamides is 1. The fourth-order valence-corrected chi connectivity index (χ4v) is 4.16. The number of benzene rings is 1. The summed E-state index contributed by atoms with van der Waals surface area (Å²) >= 11 is 0. The van der Waals surface area contributed by atoms with Crippen molar-refractivity contribution in [2.45, 2.75) is 50.5 Å². The van der Waals surface area contributed by atoms with Gasteiger partial charge in [-0.15, -0.1) is 0 Å². The summed E-state index contributed by atoms with van der Waals surface area (Å²) in [5.41, 5.74) is 0.